The fraction of sp³-hybridized carbons (Fsp3) is 0.310. The Morgan fingerprint density at radius 3 is 2.33 bits per heavy atom. The summed E-state index contributed by atoms with van der Waals surface area (Å²) in [5.41, 5.74) is 7.96. The molecule has 208 valence electrons. The topological polar surface area (TPSA) is 144 Å². The van der Waals surface area contributed by atoms with Gasteiger partial charge in [0.05, 0.1) is 56.3 Å². The summed E-state index contributed by atoms with van der Waals surface area (Å²) in [7, 11) is 2.38. The summed E-state index contributed by atoms with van der Waals surface area (Å²) in [6.45, 7) is 3.60. The average molecular weight is 547 g/mol. The van der Waals surface area contributed by atoms with Crippen molar-refractivity contribution in [3.8, 4) is 11.8 Å². The van der Waals surface area contributed by atoms with Crippen LogP contribution in [0.25, 0.3) is 0 Å². The summed E-state index contributed by atoms with van der Waals surface area (Å²) in [6.07, 6.45) is 0. The minimum absolute atomic E-state index is 0.0383. The van der Waals surface area contributed by atoms with Crippen molar-refractivity contribution in [3.05, 3.63) is 82.3 Å². The van der Waals surface area contributed by atoms with E-state index in [4.69, 9.17) is 24.7 Å². The molecule has 2 heterocycles. The zero-order chi connectivity index (χ0) is 28.8. The van der Waals surface area contributed by atoms with E-state index < -0.39 is 17.9 Å². The van der Waals surface area contributed by atoms with Gasteiger partial charge in [0.2, 0.25) is 0 Å². The molecule has 40 heavy (non-hydrogen) atoms. The lowest BCUT2D eigenvalue weighted by Gasteiger charge is -2.36. The Balaban J connectivity index is 1.77. The minimum Gasteiger partial charge on any atom is -0.484 e. The van der Waals surface area contributed by atoms with Gasteiger partial charge in [-0.25, -0.2) is 9.59 Å². The van der Waals surface area contributed by atoms with Crippen LogP contribution in [0.3, 0.4) is 0 Å². The molecule has 1 fully saturated rings. The number of anilines is 1. The van der Waals surface area contributed by atoms with E-state index in [0.717, 1.165) is 0 Å². The molecule has 1 amide bonds. The number of ether oxygens (including phenoxy) is 4. The zero-order valence-electron chi connectivity index (χ0n) is 22.5. The van der Waals surface area contributed by atoms with Crippen LogP contribution in [0.1, 0.15) is 17.0 Å². The van der Waals surface area contributed by atoms with E-state index in [1.54, 1.807) is 60.4 Å². The Morgan fingerprint density at radius 1 is 1.05 bits per heavy atom. The summed E-state index contributed by atoms with van der Waals surface area (Å²) in [4.78, 5) is 41.9. The predicted octanol–water partition coefficient (Wildman–Crippen LogP) is 2.13. The molecule has 0 aliphatic carbocycles. The van der Waals surface area contributed by atoms with Gasteiger partial charge < -0.3 is 29.6 Å². The molecular formula is C29H30N4O7. The fourth-order valence-corrected chi connectivity index (χ4v) is 4.78. The molecule has 0 spiro atoms. The van der Waals surface area contributed by atoms with E-state index in [0.29, 0.717) is 48.9 Å². The van der Waals surface area contributed by atoms with E-state index >= 15 is 0 Å². The van der Waals surface area contributed by atoms with Crippen LogP contribution in [0.4, 0.5) is 5.69 Å². The Labute approximate surface area is 231 Å². The number of hydrogen-bond acceptors (Lipinski definition) is 10. The number of carbonyl (C=O) groups is 3. The Bertz CT molecular complexity index is 1410. The van der Waals surface area contributed by atoms with Crippen molar-refractivity contribution in [1.82, 2.24) is 4.90 Å². The Morgan fingerprint density at radius 2 is 1.73 bits per heavy atom. The van der Waals surface area contributed by atoms with E-state index in [-0.39, 0.29) is 35.2 Å². The summed E-state index contributed by atoms with van der Waals surface area (Å²) < 4.78 is 21.2. The second kappa shape index (κ2) is 12.4. The van der Waals surface area contributed by atoms with Crippen molar-refractivity contribution >= 4 is 23.5 Å². The highest BCUT2D eigenvalue weighted by atomic mass is 16.5. The molecule has 11 heteroatoms. The van der Waals surface area contributed by atoms with Crippen molar-refractivity contribution < 1.29 is 33.3 Å². The van der Waals surface area contributed by atoms with Gasteiger partial charge in [0.25, 0.3) is 5.91 Å². The molecule has 1 saturated heterocycles. The molecule has 11 nitrogen and oxygen atoms in total. The van der Waals surface area contributed by atoms with Crippen molar-refractivity contribution in [2.45, 2.75) is 12.8 Å². The number of esters is 2. The number of morpholine rings is 1. The fourth-order valence-electron chi connectivity index (χ4n) is 4.78. The molecule has 1 atom stereocenters. The molecule has 0 bridgehead atoms. The van der Waals surface area contributed by atoms with Gasteiger partial charge in [0.15, 0.2) is 6.61 Å². The smallest absolute Gasteiger partial charge is 0.355 e. The third kappa shape index (κ3) is 5.48. The lowest BCUT2D eigenvalue weighted by Crippen LogP contribution is -2.43. The lowest BCUT2D eigenvalue weighted by molar-refractivity contribution is -0.139. The van der Waals surface area contributed by atoms with Gasteiger partial charge >= 0.3 is 11.9 Å². The summed E-state index contributed by atoms with van der Waals surface area (Å²) in [5, 5.41) is 10.2. The second-order valence-electron chi connectivity index (χ2n) is 9.07. The van der Waals surface area contributed by atoms with Crippen molar-refractivity contribution in [1.29, 1.82) is 5.26 Å². The molecule has 0 radical (unpaired) electrons. The molecule has 0 aromatic heterocycles. The summed E-state index contributed by atoms with van der Waals surface area (Å²) >= 11 is 0. The maximum absolute atomic E-state index is 13.2. The molecule has 2 aromatic carbocycles. The number of nitrogens with zero attached hydrogens (tertiary/aromatic N) is 3. The van der Waals surface area contributed by atoms with E-state index in [2.05, 4.69) is 6.07 Å². The van der Waals surface area contributed by atoms with Gasteiger partial charge in [-0.05, 0) is 36.2 Å². The van der Waals surface area contributed by atoms with Gasteiger partial charge in [-0.1, -0.05) is 30.3 Å². The van der Waals surface area contributed by atoms with Gasteiger partial charge in [-0.15, -0.1) is 0 Å². The normalized spacial score (nSPS) is 17.3. The van der Waals surface area contributed by atoms with E-state index in [1.165, 1.54) is 19.1 Å². The number of allylic oxidation sites excluding steroid dienone is 1. The number of benzene rings is 2. The minimum atomic E-state index is -0.960. The molecule has 2 aromatic rings. The maximum Gasteiger partial charge on any atom is 0.355 e. The quantitative estimate of drug-likeness (QED) is 0.513. The maximum atomic E-state index is 13.2. The summed E-state index contributed by atoms with van der Waals surface area (Å²) in [6, 6.07) is 15.8. The highest BCUT2D eigenvalue weighted by Crippen LogP contribution is 2.44. The monoisotopic (exact) mass is 546 g/mol. The summed E-state index contributed by atoms with van der Waals surface area (Å²) in [5.74, 6) is -2.38. The van der Waals surface area contributed by atoms with Crippen molar-refractivity contribution in [3.63, 3.8) is 0 Å². The van der Waals surface area contributed by atoms with Gasteiger partial charge in [-0.2, -0.15) is 5.26 Å². The third-order valence-corrected chi connectivity index (χ3v) is 6.75. The average Bonchev–Trinajstić information content (AvgIpc) is 2.99. The Kier molecular flexibility index (Phi) is 8.71. The SMILES string of the molecule is COC(=O)C1=C(C(=O)OC)N(c2ccc(OCC(=O)N3CCOCC3)cc2C)C(N)=C(C#N)C1c1ccccc1. The van der Waals surface area contributed by atoms with Gasteiger partial charge in [0.1, 0.15) is 17.3 Å². The first-order valence-electron chi connectivity index (χ1n) is 12.6. The zero-order valence-corrected chi connectivity index (χ0v) is 22.5. The standard InChI is InChI=1S/C29H30N4O7/c1-18-15-20(40-17-23(34)32-11-13-39-14-12-32)9-10-22(18)33-26(29(36)38-3)25(28(35)37-2)24(21(16-30)27(33)31)19-7-5-4-6-8-19/h4-10,15,24H,11-14,17,31H2,1-3H3. The molecule has 0 saturated carbocycles. The predicted molar refractivity (Wildman–Crippen MR) is 144 cm³/mol. The molecule has 4 rings (SSSR count). The first-order valence-corrected chi connectivity index (χ1v) is 12.6. The van der Waals surface area contributed by atoms with Crippen LogP contribution in [-0.2, 0) is 28.6 Å². The first-order chi connectivity index (χ1) is 19.3. The highest BCUT2D eigenvalue weighted by Gasteiger charge is 2.43. The number of hydrogen-bond donors (Lipinski definition) is 1. The number of carbonyl (C=O) groups excluding carboxylic acids is 3. The van der Waals surface area contributed by atoms with E-state index in [9.17, 15) is 19.6 Å². The van der Waals surface area contributed by atoms with Crippen LogP contribution in [0.2, 0.25) is 0 Å². The second-order valence-corrected chi connectivity index (χ2v) is 9.07. The number of amides is 1. The number of nitriles is 1. The molecule has 1 unspecified atom stereocenters. The molecular weight excluding hydrogens is 516 g/mol. The number of rotatable bonds is 7. The van der Waals surface area contributed by atoms with Crippen molar-refractivity contribution in [2.75, 3.05) is 52.0 Å². The van der Waals surface area contributed by atoms with E-state index in [1.807, 2.05) is 0 Å². The third-order valence-electron chi connectivity index (χ3n) is 6.75. The van der Waals surface area contributed by atoms with Crippen LogP contribution in [-0.4, -0.2) is 69.9 Å². The van der Waals surface area contributed by atoms with Crippen LogP contribution in [0, 0.1) is 18.3 Å². The number of aryl methyl sites for hydroxylation is 1. The van der Waals surface area contributed by atoms with Crippen LogP contribution in [0.15, 0.2) is 71.2 Å². The Hall–Kier alpha value is -4.82. The number of nitrogens with two attached hydrogens (primary N) is 1. The first kappa shape index (κ1) is 28.2. The van der Waals surface area contributed by atoms with Crippen molar-refractivity contribution in [2.24, 2.45) is 5.73 Å². The van der Waals surface area contributed by atoms with Crippen LogP contribution in [0.5, 0.6) is 5.75 Å². The van der Waals surface area contributed by atoms with Gasteiger partial charge in [-0.3, -0.25) is 9.69 Å². The molecule has 2 N–H and O–H groups in total. The highest BCUT2D eigenvalue weighted by molar-refractivity contribution is 6.06. The van der Waals surface area contributed by atoms with Crippen LogP contribution >= 0.6 is 0 Å². The number of methoxy groups -OCH3 is 2. The van der Waals surface area contributed by atoms with Gasteiger partial charge in [0, 0.05) is 13.1 Å². The van der Waals surface area contributed by atoms with Crippen LogP contribution < -0.4 is 15.4 Å². The lowest BCUT2D eigenvalue weighted by atomic mass is 9.80. The molecule has 2 aliphatic heterocycles. The largest absolute Gasteiger partial charge is 0.484 e. The molecule has 2 aliphatic rings.